The van der Waals surface area contributed by atoms with Gasteiger partial charge in [0, 0.05) is 57.2 Å². The average molecular weight is 428 g/mol. The van der Waals surface area contributed by atoms with E-state index in [0.29, 0.717) is 0 Å². The molecule has 0 amide bonds. The Morgan fingerprint density at radius 1 is 0.844 bits per heavy atom. The average Bonchev–Trinajstić information content (AvgIpc) is 2.82. The summed E-state index contributed by atoms with van der Waals surface area (Å²) >= 11 is 0. The lowest BCUT2D eigenvalue weighted by atomic mass is 9.77. The van der Waals surface area contributed by atoms with Gasteiger partial charge in [-0.1, -0.05) is 72.8 Å². The standard InChI is InChI=1S/C28H33N3O/c29-27-18-25-24(21-31-16-14-30-15-17-31)12-7-13-26(25)32-28(27,19-22-8-3-1-4-9-22)20-23-10-5-2-6-11-23/h1-13,27,30H,14-21,29H2. The van der Waals surface area contributed by atoms with Gasteiger partial charge in [-0.05, 0) is 29.2 Å². The van der Waals surface area contributed by atoms with Crippen molar-refractivity contribution in [2.45, 2.75) is 37.5 Å². The minimum atomic E-state index is -0.469. The highest BCUT2D eigenvalue weighted by Gasteiger charge is 2.43. The minimum absolute atomic E-state index is 0.0837. The highest BCUT2D eigenvalue weighted by Crippen LogP contribution is 2.39. The number of benzene rings is 3. The fourth-order valence-electron chi connectivity index (χ4n) is 5.18. The van der Waals surface area contributed by atoms with Gasteiger partial charge in [0.05, 0.1) is 0 Å². The maximum absolute atomic E-state index is 6.98. The second-order valence-electron chi connectivity index (χ2n) is 9.22. The van der Waals surface area contributed by atoms with Crippen LogP contribution in [0.3, 0.4) is 0 Å². The zero-order valence-electron chi connectivity index (χ0n) is 18.7. The molecule has 2 aliphatic heterocycles. The van der Waals surface area contributed by atoms with Crippen molar-refractivity contribution in [1.29, 1.82) is 0 Å². The van der Waals surface area contributed by atoms with E-state index < -0.39 is 5.60 Å². The molecule has 0 aliphatic carbocycles. The van der Waals surface area contributed by atoms with Crippen LogP contribution in [0.2, 0.25) is 0 Å². The topological polar surface area (TPSA) is 50.5 Å². The molecule has 5 rings (SSSR count). The van der Waals surface area contributed by atoms with Crippen LogP contribution in [0.1, 0.15) is 22.3 Å². The summed E-state index contributed by atoms with van der Waals surface area (Å²) < 4.78 is 6.91. The van der Waals surface area contributed by atoms with Gasteiger partial charge < -0.3 is 15.8 Å². The van der Waals surface area contributed by atoms with Gasteiger partial charge in [0.15, 0.2) is 0 Å². The molecule has 1 saturated heterocycles. The summed E-state index contributed by atoms with van der Waals surface area (Å²) in [6, 6.07) is 27.7. The Kier molecular flexibility index (Phi) is 6.26. The van der Waals surface area contributed by atoms with Crippen LogP contribution in [-0.2, 0) is 25.8 Å². The Balaban J connectivity index is 1.47. The third-order valence-corrected chi connectivity index (χ3v) is 6.94. The Hall–Kier alpha value is -2.66. The molecule has 0 aromatic heterocycles. The van der Waals surface area contributed by atoms with Gasteiger partial charge in [0.2, 0.25) is 0 Å². The number of nitrogens with zero attached hydrogens (tertiary/aromatic N) is 1. The molecule has 4 nitrogen and oxygen atoms in total. The summed E-state index contributed by atoms with van der Waals surface area (Å²) in [7, 11) is 0. The highest BCUT2D eigenvalue weighted by molar-refractivity contribution is 5.45. The van der Waals surface area contributed by atoms with Crippen LogP contribution in [0, 0.1) is 0 Å². The first kappa shape index (κ1) is 21.2. The van der Waals surface area contributed by atoms with Gasteiger partial charge in [-0.2, -0.15) is 0 Å². The Labute approximate surface area is 191 Å². The van der Waals surface area contributed by atoms with E-state index in [1.807, 2.05) is 0 Å². The van der Waals surface area contributed by atoms with Crippen molar-refractivity contribution in [2.24, 2.45) is 5.73 Å². The van der Waals surface area contributed by atoms with E-state index in [1.54, 1.807) is 0 Å². The number of rotatable bonds is 6. The van der Waals surface area contributed by atoms with Crippen LogP contribution < -0.4 is 15.8 Å². The Morgan fingerprint density at radius 2 is 1.47 bits per heavy atom. The number of nitrogens with one attached hydrogen (secondary N) is 1. The van der Waals surface area contributed by atoms with Crippen LogP contribution in [0.4, 0.5) is 0 Å². The predicted molar refractivity (Wildman–Crippen MR) is 130 cm³/mol. The second kappa shape index (κ2) is 9.45. The van der Waals surface area contributed by atoms with Gasteiger partial charge in [-0.3, -0.25) is 4.90 Å². The van der Waals surface area contributed by atoms with Gasteiger partial charge in [-0.25, -0.2) is 0 Å². The van der Waals surface area contributed by atoms with E-state index >= 15 is 0 Å². The van der Waals surface area contributed by atoms with E-state index in [1.165, 1.54) is 22.3 Å². The summed E-state index contributed by atoms with van der Waals surface area (Å²) in [5, 5.41) is 3.44. The molecule has 1 unspecified atom stereocenters. The molecule has 3 aromatic carbocycles. The zero-order valence-corrected chi connectivity index (χ0v) is 18.7. The summed E-state index contributed by atoms with van der Waals surface area (Å²) in [6.45, 7) is 5.25. The maximum Gasteiger partial charge on any atom is 0.132 e. The normalized spacial score (nSPS) is 20.3. The van der Waals surface area contributed by atoms with Crippen molar-refractivity contribution in [3.05, 3.63) is 101 Å². The van der Waals surface area contributed by atoms with Gasteiger partial charge >= 0.3 is 0 Å². The van der Waals surface area contributed by atoms with Crippen LogP contribution in [-0.4, -0.2) is 42.7 Å². The van der Waals surface area contributed by atoms with Crippen LogP contribution in [0.15, 0.2) is 78.9 Å². The molecule has 2 aliphatic rings. The van der Waals surface area contributed by atoms with Crippen molar-refractivity contribution in [3.63, 3.8) is 0 Å². The molecule has 0 spiro atoms. The first-order chi connectivity index (χ1) is 15.7. The molecular formula is C28H33N3O. The molecule has 1 fully saturated rings. The molecule has 3 N–H and O–H groups in total. The summed E-state index contributed by atoms with van der Waals surface area (Å²) in [5.74, 6) is 1.01. The number of hydrogen-bond acceptors (Lipinski definition) is 4. The molecule has 2 heterocycles. The molecule has 166 valence electrons. The molecule has 0 saturated carbocycles. The van der Waals surface area contributed by atoms with Crippen LogP contribution >= 0.6 is 0 Å². The number of hydrogen-bond donors (Lipinski definition) is 2. The molecule has 0 radical (unpaired) electrons. The summed E-state index contributed by atoms with van der Waals surface area (Å²) in [4.78, 5) is 2.52. The van der Waals surface area contributed by atoms with Crippen molar-refractivity contribution in [1.82, 2.24) is 10.2 Å². The highest BCUT2D eigenvalue weighted by atomic mass is 16.5. The lowest BCUT2D eigenvalue weighted by Crippen LogP contribution is -2.59. The smallest absolute Gasteiger partial charge is 0.132 e. The lowest BCUT2D eigenvalue weighted by Gasteiger charge is -2.44. The number of ether oxygens (including phenoxy) is 1. The third kappa shape index (κ3) is 4.58. The molecule has 1 atom stereocenters. The molecule has 3 aromatic rings. The van der Waals surface area contributed by atoms with Crippen molar-refractivity contribution < 1.29 is 4.74 Å². The molecular weight excluding hydrogens is 394 g/mol. The monoisotopic (exact) mass is 427 g/mol. The van der Waals surface area contributed by atoms with Crippen molar-refractivity contribution >= 4 is 0 Å². The second-order valence-corrected chi connectivity index (χ2v) is 9.22. The first-order valence-corrected chi connectivity index (χ1v) is 11.8. The predicted octanol–water partition coefficient (Wildman–Crippen LogP) is 3.58. The van der Waals surface area contributed by atoms with E-state index in [-0.39, 0.29) is 6.04 Å². The summed E-state index contributed by atoms with van der Waals surface area (Å²) in [6.07, 6.45) is 2.44. The van der Waals surface area contributed by atoms with E-state index in [4.69, 9.17) is 10.5 Å². The SMILES string of the molecule is NC1Cc2c(CN3CCNCC3)cccc2OC1(Cc1ccccc1)Cc1ccccc1. The molecule has 0 bridgehead atoms. The first-order valence-electron chi connectivity index (χ1n) is 11.8. The Bertz CT molecular complexity index is 974. The van der Waals surface area contributed by atoms with Crippen molar-refractivity contribution in [3.8, 4) is 5.75 Å². The van der Waals surface area contributed by atoms with Gasteiger partial charge in [-0.15, -0.1) is 0 Å². The zero-order chi connectivity index (χ0) is 21.8. The number of piperazine rings is 1. The summed E-state index contributed by atoms with van der Waals surface area (Å²) in [5.41, 5.74) is 11.7. The van der Waals surface area contributed by atoms with Gasteiger partial charge in [0.25, 0.3) is 0 Å². The molecule has 32 heavy (non-hydrogen) atoms. The lowest BCUT2D eigenvalue weighted by molar-refractivity contribution is 0.0269. The number of nitrogens with two attached hydrogens (primary N) is 1. The molecule has 4 heteroatoms. The third-order valence-electron chi connectivity index (χ3n) is 6.94. The van der Waals surface area contributed by atoms with E-state index in [2.05, 4.69) is 89.1 Å². The van der Waals surface area contributed by atoms with Crippen LogP contribution in [0.5, 0.6) is 5.75 Å². The fourth-order valence-corrected chi connectivity index (χ4v) is 5.18. The largest absolute Gasteiger partial charge is 0.485 e. The quantitative estimate of drug-likeness (QED) is 0.631. The van der Waals surface area contributed by atoms with Crippen molar-refractivity contribution in [2.75, 3.05) is 26.2 Å². The van der Waals surface area contributed by atoms with Crippen LogP contribution in [0.25, 0.3) is 0 Å². The number of fused-ring (bicyclic) bond motifs is 1. The maximum atomic E-state index is 6.98. The van der Waals surface area contributed by atoms with E-state index in [9.17, 15) is 0 Å². The Morgan fingerprint density at radius 3 is 2.09 bits per heavy atom. The minimum Gasteiger partial charge on any atom is -0.485 e. The van der Waals surface area contributed by atoms with Gasteiger partial charge in [0.1, 0.15) is 11.4 Å². The van der Waals surface area contributed by atoms with E-state index in [0.717, 1.165) is 57.7 Å². The fraction of sp³-hybridized carbons (Fsp3) is 0.357.